The summed E-state index contributed by atoms with van der Waals surface area (Å²) in [6.07, 6.45) is 1.86. The fourth-order valence-electron chi connectivity index (χ4n) is 2.07. The summed E-state index contributed by atoms with van der Waals surface area (Å²) in [7, 11) is 0. The summed E-state index contributed by atoms with van der Waals surface area (Å²) in [6, 6.07) is 2.00. The highest BCUT2D eigenvalue weighted by Gasteiger charge is 2.13. The molecule has 1 fully saturated rings. The number of nitrogens with one attached hydrogen (secondary N) is 1. The van der Waals surface area contributed by atoms with Crippen LogP contribution in [0.5, 0.6) is 0 Å². The molecule has 0 aliphatic carbocycles. The standard InChI is InChI=1S/C12H21N5/c1-3-16(4-2)12-14-6-5-11(15-12)17-9-7-13-8-10-17/h5-6,13H,3-4,7-10H2,1-2H3. The van der Waals surface area contributed by atoms with Gasteiger partial charge < -0.3 is 15.1 Å². The maximum atomic E-state index is 4.65. The van der Waals surface area contributed by atoms with Crippen molar-refractivity contribution in [2.24, 2.45) is 0 Å². The molecule has 0 aromatic carbocycles. The number of piperazine rings is 1. The van der Waals surface area contributed by atoms with Crippen LogP contribution in [-0.2, 0) is 0 Å². The molecule has 1 aliphatic rings. The van der Waals surface area contributed by atoms with E-state index in [1.54, 1.807) is 0 Å². The van der Waals surface area contributed by atoms with Gasteiger partial charge >= 0.3 is 0 Å². The molecule has 1 aromatic rings. The predicted molar refractivity (Wildman–Crippen MR) is 70.7 cm³/mol. The fourth-order valence-corrected chi connectivity index (χ4v) is 2.07. The van der Waals surface area contributed by atoms with Crippen LogP contribution in [0.3, 0.4) is 0 Å². The first-order chi connectivity index (χ1) is 8.35. The summed E-state index contributed by atoms with van der Waals surface area (Å²) in [6.45, 7) is 10.3. The van der Waals surface area contributed by atoms with E-state index < -0.39 is 0 Å². The molecule has 94 valence electrons. The van der Waals surface area contributed by atoms with Gasteiger partial charge in [0.1, 0.15) is 5.82 Å². The number of rotatable bonds is 4. The number of hydrogen-bond donors (Lipinski definition) is 1. The van der Waals surface area contributed by atoms with Crippen molar-refractivity contribution < 1.29 is 0 Å². The zero-order valence-corrected chi connectivity index (χ0v) is 10.7. The Labute approximate surface area is 103 Å². The van der Waals surface area contributed by atoms with Crippen molar-refractivity contribution in [2.75, 3.05) is 49.1 Å². The van der Waals surface area contributed by atoms with Crippen molar-refractivity contribution in [1.82, 2.24) is 15.3 Å². The first-order valence-corrected chi connectivity index (χ1v) is 6.38. The minimum atomic E-state index is 0.839. The molecule has 1 N–H and O–H groups in total. The molecular weight excluding hydrogens is 214 g/mol. The molecular formula is C12H21N5. The summed E-state index contributed by atoms with van der Waals surface area (Å²) >= 11 is 0. The smallest absolute Gasteiger partial charge is 0.227 e. The normalized spacial score (nSPS) is 16.0. The molecule has 2 rings (SSSR count). The summed E-state index contributed by atoms with van der Waals surface area (Å²) in [5, 5.41) is 3.35. The third-order valence-electron chi connectivity index (χ3n) is 3.12. The average Bonchev–Trinajstić information content (AvgIpc) is 2.42. The van der Waals surface area contributed by atoms with Crippen LogP contribution in [0, 0.1) is 0 Å². The van der Waals surface area contributed by atoms with Gasteiger partial charge in [0.25, 0.3) is 0 Å². The van der Waals surface area contributed by atoms with Crippen LogP contribution in [0.1, 0.15) is 13.8 Å². The first kappa shape index (κ1) is 12.1. The van der Waals surface area contributed by atoms with Gasteiger partial charge in [-0.05, 0) is 19.9 Å². The van der Waals surface area contributed by atoms with E-state index in [0.717, 1.165) is 51.0 Å². The number of nitrogens with zero attached hydrogens (tertiary/aromatic N) is 4. The number of anilines is 2. The van der Waals surface area contributed by atoms with Crippen LogP contribution < -0.4 is 15.1 Å². The second-order valence-electron chi connectivity index (χ2n) is 4.12. The molecule has 0 atom stereocenters. The van der Waals surface area contributed by atoms with Gasteiger partial charge in [-0.15, -0.1) is 0 Å². The minimum Gasteiger partial charge on any atom is -0.354 e. The molecule has 0 bridgehead atoms. The molecule has 0 unspecified atom stereocenters. The molecule has 1 aromatic heterocycles. The molecule has 1 saturated heterocycles. The van der Waals surface area contributed by atoms with Crippen LogP contribution in [-0.4, -0.2) is 49.2 Å². The summed E-state index contributed by atoms with van der Waals surface area (Å²) < 4.78 is 0. The van der Waals surface area contributed by atoms with Gasteiger partial charge in [-0.1, -0.05) is 0 Å². The predicted octanol–water partition coefficient (Wildman–Crippen LogP) is 0.732. The Kier molecular flexibility index (Phi) is 4.14. The van der Waals surface area contributed by atoms with Crippen LogP contribution in [0.4, 0.5) is 11.8 Å². The Balaban J connectivity index is 2.15. The lowest BCUT2D eigenvalue weighted by molar-refractivity contribution is 0.584. The van der Waals surface area contributed by atoms with Gasteiger partial charge in [-0.2, -0.15) is 4.98 Å². The van der Waals surface area contributed by atoms with Crippen LogP contribution >= 0.6 is 0 Å². The van der Waals surface area contributed by atoms with Crippen LogP contribution in [0.25, 0.3) is 0 Å². The highest BCUT2D eigenvalue weighted by Crippen LogP contribution is 2.15. The topological polar surface area (TPSA) is 44.3 Å². The van der Waals surface area contributed by atoms with Gasteiger partial charge in [0.15, 0.2) is 0 Å². The largest absolute Gasteiger partial charge is 0.354 e. The monoisotopic (exact) mass is 235 g/mol. The lowest BCUT2D eigenvalue weighted by atomic mass is 10.3. The Morgan fingerprint density at radius 1 is 1.29 bits per heavy atom. The lowest BCUT2D eigenvalue weighted by Crippen LogP contribution is -2.44. The zero-order valence-electron chi connectivity index (χ0n) is 10.7. The van der Waals surface area contributed by atoms with Gasteiger partial charge in [-0.3, -0.25) is 0 Å². The fraction of sp³-hybridized carbons (Fsp3) is 0.667. The molecule has 0 radical (unpaired) electrons. The summed E-state index contributed by atoms with van der Waals surface area (Å²) in [5.41, 5.74) is 0. The Morgan fingerprint density at radius 3 is 2.65 bits per heavy atom. The van der Waals surface area contributed by atoms with E-state index in [-0.39, 0.29) is 0 Å². The SMILES string of the molecule is CCN(CC)c1nccc(N2CCNCC2)n1. The highest BCUT2D eigenvalue weighted by molar-refractivity contribution is 5.44. The summed E-state index contributed by atoms with van der Waals surface area (Å²) in [4.78, 5) is 13.5. The van der Waals surface area contributed by atoms with Crippen LogP contribution in [0.2, 0.25) is 0 Å². The number of aromatic nitrogens is 2. The maximum absolute atomic E-state index is 4.65. The Hall–Kier alpha value is -1.36. The van der Waals surface area contributed by atoms with E-state index in [1.807, 2.05) is 12.3 Å². The molecule has 0 spiro atoms. The molecule has 2 heterocycles. The van der Waals surface area contributed by atoms with Gasteiger partial charge in [0.05, 0.1) is 0 Å². The second kappa shape index (κ2) is 5.82. The number of hydrogen-bond acceptors (Lipinski definition) is 5. The molecule has 5 heteroatoms. The van der Waals surface area contributed by atoms with E-state index in [9.17, 15) is 0 Å². The van der Waals surface area contributed by atoms with E-state index in [0.29, 0.717) is 0 Å². The molecule has 5 nitrogen and oxygen atoms in total. The van der Waals surface area contributed by atoms with Crippen molar-refractivity contribution in [3.05, 3.63) is 12.3 Å². The lowest BCUT2D eigenvalue weighted by Gasteiger charge is -2.29. The van der Waals surface area contributed by atoms with Crippen molar-refractivity contribution in [2.45, 2.75) is 13.8 Å². The molecule has 17 heavy (non-hydrogen) atoms. The molecule has 0 amide bonds. The Bertz CT molecular complexity index is 345. The quantitative estimate of drug-likeness (QED) is 0.833. The third kappa shape index (κ3) is 2.85. The maximum Gasteiger partial charge on any atom is 0.227 e. The van der Waals surface area contributed by atoms with E-state index in [1.165, 1.54) is 0 Å². The minimum absolute atomic E-state index is 0.839. The summed E-state index contributed by atoms with van der Waals surface area (Å²) in [5.74, 6) is 1.88. The Morgan fingerprint density at radius 2 is 2.00 bits per heavy atom. The van der Waals surface area contributed by atoms with Gasteiger partial charge in [0.2, 0.25) is 5.95 Å². The van der Waals surface area contributed by atoms with Gasteiger partial charge in [-0.25, -0.2) is 4.98 Å². The van der Waals surface area contributed by atoms with E-state index >= 15 is 0 Å². The van der Waals surface area contributed by atoms with Crippen molar-refractivity contribution in [1.29, 1.82) is 0 Å². The van der Waals surface area contributed by atoms with Crippen molar-refractivity contribution in [3.63, 3.8) is 0 Å². The molecule has 1 aliphatic heterocycles. The van der Waals surface area contributed by atoms with Gasteiger partial charge in [0, 0.05) is 45.5 Å². The average molecular weight is 235 g/mol. The molecule has 0 saturated carbocycles. The van der Waals surface area contributed by atoms with E-state index in [4.69, 9.17) is 0 Å². The first-order valence-electron chi connectivity index (χ1n) is 6.38. The highest BCUT2D eigenvalue weighted by atomic mass is 15.3. The second-order valence-corrected chi connectivity index (χ2v) is 4.12. The third-order valence-corrected chi connectivity index (χ3v) is 3.12. The van der Waals surface area contributed by atoms with Crippen LogP contribution in [0.15, 0.2) is 12.3 Å². The van der Waals surface area contributed by atoms with Crippen molar-refractivity contribution >= 4 is 11.8 Å². The zero-order chi connectivity index (χ0) is 12.1. The van der Waals surface area contributed by atoms with Crippen molar-refractivity contribution in [3.8, 4) is 0 Å². The van der Waals surface area contributed by atoms with E-state index in [2.05, 4.69) is 38.9 Å².